The Morgan fingerprint density at radius 2 is 1.78 bits per heavy atom. The fraction of sp³-hybridized carbons (Fsp3) is 0.214. The highest BCUT2D eigenvalue weighted by Crippen LogP contribution is 2.39. The summed E-state index contributed by atoms with van der Waals surface area (Å²) in [6.07, 6.45) is 0.443. The number of nitro groups is 1. The van der Waals surface area contributed by atoms with Crippen LogP contribution in [-0.4, -0.2) is 36.5 Å². The maximum absolute atomic E-state index is 13.7. The van der Waals surface area contributed by atoms with E-state index >= 15 is 0 Å². The van der Waals surface area contributed by atoms with E-state index in [1.165, 1.54) is 17.0 Å². The number of aryl methyl sites for hydroxylation is 1. The molecule has 1 amide bonds. The summed E-state index contributed by atoms with van der Waals surface area (Å²) in [5.41, 5.74) is 2.30. The van der Waals surface area contributed by atoms with Gasteiger partial charge in [0.05, 0.1) is 36.1 Å². The molecule has 37 heavy (non-hydrogen) atoms. The van der Waals surface area contributed by atoms with Gasteiger partial charge >= 0.3 is 0 Å². The van der Waals surface area contributed by atoms with Crippen LogP contribution in [0.3, 0.4) is 0 Å². The molecule has 0 radical (unpaired) electrons. The third-order valence-electron chi connectivity index (χ3n) is 6.61. The second-order valence-electron chi connectivity index (χ2n) is 8.87. The number of nitrogens with zero attached hydrogens (tertiary/aromatic N) is 2. The van der Waals surface area contributed by atoms with E-state index in [2.05, 4.69) is 0 Å². The second kappa shape index (κ2) is 9.42. The van der Waals surface area contributed by atoms with Gasteiger partial charge < -0.3 is 18.8 Å². The Morgan fingerprint density at radius 3 is 2.51 bits per heavy atom. The first-order valence-corrected chi connectivity index (χ1v) is 11.7. The number of hydrogen-bond donors (Lipinski definition) is 0. The lowest BCUT2D eigenvalue weighted by Crippen LogP contribution is -2.31. The maximum Gasteiger partial charge on any atom is 0.290 e. The fourth-order valence-corrected chi connectivity index (χ4v) is 4.81. The molecular weight excluding hydrogens is 476 g/mol. The largest absolute Gasteiger partial charge is 0.493 e. The van der Waals surface area contributed by atoms with Crippen LogP contribution in [0.1, 0.15) is 38.9 Å². The lowest BCUT2D eigenvalue weighted by atomic mass is 9.97. The highest BCUT2D eigenvalue weighted by Gasteiger charge is 2.42. The molecule has 1 atom stereocenters. The zero-order chi connectivity index (χ0) is 26.3. The fourth-order valence-electron chi connectivity index (χ4n) is 4.81. The Hall–Kier alpha value is -4.66. The summed E-state index contributed by atoms with van der Waals surface area (Å²) in [5.74, 6) is 0.670. The van der Waals surface area contributed by atoms with Crippen LogP contribution in [0.15, 0.2) is 69.9 Å². The summed E-state index contributed by atoms with van der Waals surface area (Å²) < 4.78 is 16.7. The van der Waals surface area contributed by atoms with E-state index in [-0.39, 0.29) is 29.0 Å². The minimum atomic E-state index is -0.830. The summed E-state index contributed by atoms with van der Waals surface area (Å²) in [6.45, 7) is 2.10. The van der Waals surface area contributed by atoms with E-state index in [4.69, 9.17) is 13.9 Å². The van der Waals surface area contributed by atoms with Crippen molar-refractivity contribution < 1.29 is 23.6 Å². The van der Waals surface area contributed by atoms with Crippen molar-refractivity contribution in [3.8, 4) is 11.5 Å². The van der Waals surface area contributed by atoms with Crippen LogP contribution in [0, 0.1) is 17.0 Å². The molecule has 0 spiro atoms. The van der Waals surface area contributed by atoms with Crippen molar-refractivity contribution in [1.82, 2.24) is 4.90 Å². The number of fused-ring (bicyclic) bond motifs is 2. The average molecular weight is 501 g/mol. The molecule has 5 rings (SSSR count). The zero-order valence-corrected chi connectivity index (χ0v) is 20.5. The number of carbonyl (C=O) groups excluding carboxylic acids is 1. The van der Waals surface area contributed by atoms with E-state index in [0.29, 0.717) is 34.5 Å². The third kappa shape index (κ3) is 4.18. The quantitative estimate of drug-likeness (QED) is 0.264. The molecule has 188 valence electrons. The SMILES string of the molecule is COc1ccc(CCN2C(=O)c3oc4ccc(C)cc4c(=O)c3[C@@H]2c2cccc([N+](=O)[O-])c2)cc1OC. The normalized spacial score (nSPS) is 14.6. The summed E-state index contributed by atoms with van der Waals surface area (Å²) >= 11 is 0. The van der Waals surface area contributed by atoms with Gasteiger partial charge in [-0.05, 0) is 48.7 Å². The van der Waals surface area contributed by atoms with Crippen molar-refractivity contribution in [2.24, 2.45) is 0 Å². The molecule has 9 heteroatoms. The van der Waals surface area contributed by atoms with Crippen molar-refractivity contribution >= 4 is 22.6 Å². The minimum absolute atomic E-state index is 0.0369. The van der Waals surface area contributed by atoms with E-state index in [0.717, 1.165) is 11.1 Å². The van der Waals surface area contributed by atoms with E-state index < -0.39 is 16.9 Å². The Labute approximate surface area is 212 Å². The molecule has 1 aliphatic heterocycles. The van der Waals surface area contributed by atoms with Crippen LogP contribution in [0.5, 0.6) is 11.5 Å². The van der Waals surface area contributed by atoms with Gasteiger partial charge in [0, 0.05) is 18.7 Å². The van der Waals surface area contributed by atoms with E-state index in [9.17, 15) is 19.7 Å². The summed E-state index contributed by atoms with van der Waals surface area (Å²) in [5, 5.41) is 11.8. The third-order valence-corrected chi connectivity index (χ3v) is 6.61. The number of benzene rings is 3. The number of non-ortho nitro benzene ring substituents is 1. The molecule has 3 aromatic carbocycles. The number of methoxy groups -OCH3 is 2. The van der Waals surface area contributed by atoms with Crippen molar-refractivity contribution in [3.63, 3.8) is 0 Å². The maximum atomic E-state index is 13.7. The van der Waals surface area contributed by atoms with Crippen LogP contribution in [0.2, 0.25) is 0 Å². The van der Waals surface area contributed by atoms with Crippen LogP contribution < -0.4 is 14.9 Å². The molecule has 0 unspecified atom stereocenters. The first-order chi connectivity index (χ1) is 17.8. The Morgan fingerprint density at radius 1 is 1.00 bits per heavy atom. The number of carbonyl (C=O) groups is 1. The first-order valence-electron chi connectivity index (χ1n) is 11.7. The Kier molecular flexibility index (Phi) is 6.12. The topological polar surface area (TPSA) is 112 Å². The first kappa shape index (κ1) is 24.1. The molecular formula is C28H24N2O7. The van der Waals surface area contributed by atoms with Crippen molar-refractivity contribution in [2.75, 3.05) is 20.8 Å². The van der Waals surface area contributed by atoms with Gasteiger partial charge in [-0.3, -0.25) is 19.7 Å². The van der Waals surface area contributed by atoms with Crippen molar-refractivity contribution in [2.45, 2.75) is 19.4 Å². The Balaban J connectivity index is 1.62. The summed E-state index contributed by atoms with van der Waals surface area (Å²) in [6, 6.07) is 15.9. The lowest BCUT2D eigenvalue weighted by molar-refractivity contribution is -0.384. The molecule has 0 saturated carbocycles. The van der Waals surface area contributed by atoms with Gasteiger partial charge in [0.1, 0.15) is 5.58 Å². The minimum Gasteiger partial charge on any atom is -0.493 e. The van der Waals surface area contributed by atoms with Gasteiger partial charge in [0.25, 0.3) is 11.6 Å². The van der Waals surface area contributed by atoms with Crippen molar-refractivity contribution in [3.05, 3.63) is 109 Å². The van der Waals surface area contributed by atoms with E-state index in [1.54, 1.807) is 44.6 Å². The molecule has 0 bridgehead atoms. The summed E-state index contributed by atoms with van der Waals surface area (Å²) in [4.78, 5) is 39.8. The Bertz CT molecular complexity index is 1610. The highest BCUT2D eigenvalue weighted by atomic mass is 16.6. The van der Waals surface area contributed by atoms with Crippen LogP contribution in [0.25, 0.3) is 11.0 Å². The highest BCUT2D eigenvalue weighted by molar-refractivity contribution is 5.99. The molecule has 0 N–H and O–H groups in total. The van der Waals surface area contributed by atoms with Gasteiger partial charge in [-0.15, -0.1) is 0 Å². The van der Waals surface area contributed by atoms with Gasteiger partial charge in [-0.25, -0.2) is 0 Å². The molecule has 1 aliphatic rings. The molecule has 9 nitrogen and oxygen atoms in total. The number of amides is 1. The van der Waals surface area contributed by atoms with E-state index in [1.807, 2.05) is 25.1 Å². The molecule has 0 aliphatic carbocycles. The molecule has 0 saturated heterocycles. The molecule has 1 aromatic heterocycles. The molecule has 0 fully saturated rings. The van der Waals surface area contributed by atoms with Gasteiger partial charge in [0.15, 0.2) is 16.9 Å². The number of ether oxygens (including phenoxy) is 2. The van der Waals surface area contributed by atoms with Gasteiger partial charge in [-0.2, -0.15) is 0 Å². The number of nitro benzene ring substituents is 1. The lowest BCUT2D eigenvalue weighted by Gasteiger charge is -2.25. The number of hydrogen-bond acceptors (Lipinski definition) is 7. The standard InChI is InChI=1S/C28H24N2O7/c1-16-7-9-21-20(13-16)26(31)24-25(18-5-4-6-19(15-18)30(33)34)29(28(32)27(24)37-21)12-11-17-8-10-22(35-2)23(14-17)36-3/h4-10,13-15,25H,11-12H2,1-3H3/t25-/m0/s1. The molecule has 2 heterocycles. The van der Waals surface area contributed by atoms with Crippen molar-refractivity contribution in [1.29, 1.82) is 0 Å². The van der Waals surface area contributed by atoms with Crippen LogP contribution >= 0.6 is 0 Å². The summed E-state index contributed by atoms with van der Waals surface area (Å²) in [7, 11) is 3.10. The molecule has 4 aromatic rings. The zero-order valence-electron chi connectivity index (χ0n) is 20.5. The van der Waals surface area contributed by atoms with Gasteiger partial charge in [-0.1, -0.05) is 29.8 Å². The predicted octanol–water partition coefficient (Wildman–Crippen LogP) is 4.81. The monoisotopic (exact) mass is 500 g/mol. The smallest absolute Gasteiger partial charge is 0.290 e. The second-order valence-corrected chi connectivity index (χ2v) is 8.87. The average Bonchev–Trinajstić information content (AvgIpc) is 3.19. The van der Waals surface area contributed by atoms with Crippen LogP contribution in [0.4, 0.5) is 5.69 Å². The number of rotatable bonds is 7. The van der Waals surface area contributed by atoms with Gasteiger partial charge in [0.2, 0.25) is 5.76 Å². The predicted molar refractivity (Wildman–Crippen MR) is 136 cm³/mol. The van der Waals surface area contributed by atoms with Crippen LogP contribution in [-0.2, 0) is 6.42 Å².